The summed E-state index contributed by atoms with van der Waals surface area (Å²) in [5.74, 6) is -0.743. The van der Waals surface area contributed by atoms with E-state index in [1.807, 2.05) is 4.98 Å². The fourth-order valence-electron chi connectivity index (χ4n) is 0.748. The molecule has 0 unspecified atom stereocenters. The van der Waals surface area contributed by atoms with Gasteiger partial charge >= 0.3 is 23.4 Å². The van der Waals surface area contributed by atoms with Crippen molar-refractivity contribution in [1.82, 2.24) is 15.0 Å². The zero-order valence-corrected chi connectivity index (χ0v) is 8.60. The molecule has 9 heteroatoms. The van der Waals surface area contributed by atoms with Gasteiger partial charge in [-0.2, -0.15) is 4.89 Å². The normalized spacial score (nSPS) is 9.65. The monoisotopic (exact) mass is 243 g/mol. The first-order valence-corrected chi connectivity index (χ1v) is 4.41. The second-order valence-electron chi connectivity index (χ2n) is 2.58. The highest BCUT2D eigenvalue weighted by molar-refractivity contribution is 5.80. The van der Waals surface area contributed by atoms with Gasteiger partial charge in [-0.25, -0.2) is 14.4 Å². The predicted molar refractivity (Wildman–Crippen MR) is 53.2 cm³/mol. The van der Waals surface area contributed by atoms with Crippen molar-refractivity contribution in [3.63, 3.8) is 0 Å². The van der Waals surface area contributed by atoms with Gasteiger partial charge in [0, 0.05) is 6.08 Å². The number of nitrogens with one attached hydrogen (secondary N) is 2. The van der Waals surface area contributed by atoms with Gasteiger partial charge in [-0.3, -0.25) is 14.9 Å². The van der Waals surface area contributed by atoms with Crippen LogP contribution in [0.1, 0.15) is 0 Å². The van der Waals surface area contributed by atoms with Crippen LogP contribution in [0.5, 0.6) is 6.01 Å². The molecule has 0 aliphatic carbocycles. The lowest BCUT2D eigenvalue weighted by molar-refractivity contribution is -0.269. The molecular formula is C8H9N3O6. The van der Waals surface area contributed by atoms with Gasteiger partial charge in [0.2, 0.25) is 0 Å². The second-order valence-corrected chi connectivity index (χ2v) is 2.58. The number of ether oxygens (including phenoxy) is 1. The van der Waals surface area contributed by atoms with Crippen molar-refractivity contribution in [3.8, 4) is 6.01 Å². The Kier molecular flexibility index (Phi) is 4.63. The summed E-state index contributed by atoms with van der Waals surface area (Å²) in [6.45, 7) is 2.98. The largest absolute Gasteiger partial charge is 0.462 e. The van der Waals surface area contributed by atoms with Crippen LogP contribution in [0, 0.1) is 0 Å². The maximum atomic E-state index is 10.8. The molecule has 0 aliphatic heterocycles. The van der Waals surface area contributed by atoms with Crippen molar-refractivity contribution in [2.75, 3.05) is 13.2 Å². The van der Waals surface area contributed by atoms with Crippen LogP contribution in [0.25, 0.3) is 0 Å². The zero-order chi connectivity index (χ0) is 12.7. The van der Waals surface area contributed by atoms with Gasteiger partial charge in [0.15, 0.2) is 0 Å². The Morgan fingerprint density at radius 2 is 2.12 bits per heavy atom. The van der Waals surface area contributed by atoms with Crippen LogP contribution in [0.2, 0.25) is 0 Å². The number of carbonyl (C=O) groups excluding carboxylic acids is 1. The predicted octanol–water partition coefficient (Wildman–Crippen LogP) is -1.50. The summed E-state index contributed by atoms with van der Waals surface area (Å²) in [6.07, 6.45) is 0.927. The van der Waals surface area contributed by atoms with Gasteiger partial charge < -0.3 is 4.74 Å². The van der Waals surface area contributed by atoms with Crippen LogP contribution in [0.3, 0.4) is 0 Å². The average Bonchev–Trinajstić information content (AvgIpc) is 2.27. The second kappa shape index (κ2) is 6.23. The number of hydrogen-bond acceptors (Lipinski definition) is 7. The first-order valence-electron chi connectivity index (χ1n) is 4.41. The minimum atomic E-state index is -0.831. The molecular weight excluding hydrogens is 234 g/mol. The molecule has 0 spiro atoms. The molecule has 17 heavy (non-hydrogen) atoms. The number of hydrogen-bond donors (Lipinski definition) is 2. The van der Waals surface area contributed by atoms with Crippen molar-refractivity contribution in [3.05, 3.63) is 33.6 Å². The van der Waals surface area contributed by atoms with E-state index in [1.165, 1.54) is 0 Å². The van der Waals surface area contributed by atoms with E-state index in [9.17, 15) is 14.4 Å². The minimum Gasteiger partial charge on any atom is -0.462 e. The summed E-state index contributed by atoms with van der Waals surface area (Å²) in [6, 6.07) is -0.252. The summed E-state index contributed by atoms with van der Waals surface area (Å²) >= 11 is 0. The quantitative estimate of drug-likeness (QED) is 0.269. The summed E-state index contributed by atoms with van der Waals surface area (Å²) in [5.41, 5.74) is -1.57. The molecule has 1 heterocycles. The highest BCUT2D eigenvalue weighted by atomic mass is 17.2. The van der Waals surface area contributed by atoms with E-state index in [0.717, 1.165) is 6.08 Å². The van der Waals surface area contributed by atoms with Crippen LogP contribution < -0.4 is 16.1 Å². The molecule has 1 aromatic heterocycles. The van der Waals surface area contributed by atoms with Gasteiger partial charge in [0.1, 0.15) is 13.2 Å². The number of carbonyl (C=O) groups is 1. The lowest BCUT2D eigenvalue weighted by Crippen LogP contribution is -2.26. The van der Waals surface area contributed by atoms with E-state index in [1.54, 1.807) is 0 Å². The van der Waals surface area contributed by atoms with Crippen LogP contribution in [-0.4, -0.2) is 34.1 Å². The third kappa shape index (κ3) is 4.75. The molecule has 1 aromatic rings. The number of rotatable bonds is 6. The first kappa shape index (κ1) is 12.6. The lowest BCUT2D eigenvalue weighted by atomic mass is 10.7. The Bertz CT molecular complexity index is 476. The van der Waals surface area contributed by atoms with E-state index in [0.29, 0.717) is 0 Å². The van der Waals surface area contributed by atoms with Gasteiger partial charge in [0.05, 0.1) is 0 Å². The summed E-state index contributed by atoms with van der Waals surface area (Å²) in [5, 5.41) is 0. The topological polar surface area (TPSA) is 123 Å². The molecule has 0 bridgehead atoms. The van der Waals surface area contributed by atoms with Crippen LogP contribution in [-0.2, 0) is 14.6 Å². The maximum absolute atomic E-state index is 10.8. The van der Waals surface area contributed by atoms with Crippen molar-refractivity contribution in [2.24, 2.45) is 0 Å². The minimum absolute atomic E-state index is 0.0726. The van der Waals surface area contributed by atoms with E-state index < -0.39 is 17.3 Å². The fraction of sp³-hybridized carbons (Fsp3) is 0.250. The summed E-state index contributed by atoms with van der Waals surface area (Å²) in [4.78, 5) is 48.0. The van der Waals surface area contributed by atoms with Crippen LogP contribution in [0.15, 0.2) is 22.2 Å². The fourth-order valence-corrected chi connectivity index (χ4v) is 0.748. The molecule has 0 aliphatic rings. The number of nitrogens with zero attached hydrogens (tertiary/aromatic N) is 1. The van der Waals surface area contributed by atoms with Crippen LogP contribution in [0.4, 0.5) is 0 Å². The standard InChI is InChI=1S/C8H9N3O6/c1-2-5(12)17-16-4-3-15-8-10-6(13)9-7(14)11-8/h2H,1,3-4H2,(H2,9,10,11,13,14). The molecule has 92 valence electrons. The Morgan fingerprint density at radius 1 is 1.35 bits per heavy atom. The molecule has 0 saturated heterocycles. The molecule has 0 amide bonds. The van der Waals surface area contributed by atoms with E-state index in [-0.39, 0.29) is 19.2 Å². The van der Waals surface area contributed by atoms with Crippen molar-refractivity contribution < 1.29 is 19.3 Å². The van der Waals surface area contributed by atoms with E-state index in [4.69, 9.17) is 4.74 Å². The molecule has 0 fully saturated rings. The number of aromatic amines is 2. The van der Waals surface area contributed by atoms with Gasteiger partial charge in [-0.05, 0) is 0 Å². The van der Waals surface area contributed by atoms with Gasteiger partial charge in [-0.15, -0.1) is 4.98 Å². The molecule has 9 nitrogen and oxygen atoms in total. The average molecular weight is 243 g/mol. The van der Waals surface area contributed by atoms with Crippen LogP contribution >= 0.6 is 0 Å². The summed E-state index contributed by atoms with van der Waals surface area (Å²) in [7, 11) is 0. The first-order chi connectivity index (χ1) is 8.11. The summed E-state index contributed by atoms with van der Waals surface area (Å²) < 4.78 is 4.85. The smallest absolute Gasteiger partial charge is 0.365 e. The van der Waals surface area contributed by atoms with E-state index >= 15 is 0 Å². The van der Waals surface area contributed by atoms with Gasteiger partial charge in [0.25, 0.3) is 0 Å². The third-order valence-corrected chi connectivity index (χ3v) is 1.36. The van der Waals surface area contributed by atoms with Crippen molar-refractivity contribution in [1.29, 1.82) is 0 Å². The highest BCUT2D eigenvalue weighted by Gasteiger charge is 2.00. The highest BCUT2D eigenvalue weighted by Crippen LogP contribution is 1.91. The number of aromatic nitrogens is 3. The zero-order valence-electron chi connectivity index (χ0n) is 8.60. The van der Waals surface area contributed by atoms with Crippen molar-refractivity contribution >= 4 is 5.97 Å². The molecule has 0 saturated carbocycles. The Hall–Kier alpha value is -2.42. The Morgan fingerprint density at radius 3 is 2.76 bits per heavy atom. The SMILES string of the molecule is C=CC(=O)OOCCOc1nc(=O)[nH]c(=O)[nH]1. The molecule has 0 radical (unpaired) electrons. The third-order valence-electron chi connectivity index (χ3n) is 1.36. The van der Waals surface area contributed by atoms with Gasteiger partial charge in [-0.1, -0.05) is 6.58 Å². The van der Waals surface area contributed by atoms with E-state index in [2.05, 4.69) is 26.3 Å². The molecule has 0 atom stereocenters. The number of H-pyrrole nitrogens is 2. The molecule has 2 N–H and O–H groups in total. The Balaban J connectivity index is 2.31. The molecule has 0 aromatic carbocycles. The van der Waals surface area contributed by atoms with Crippen molar-refractivity contribution in [2.45, 2.75) is 0 Å². The molecule has 1 rings (SSSR count). The lowest BCUT2D eigenvalue weighted by Gasteiger charge is -2.03. The maximum Gasteiger partial charge on any atom is 0.365 e. The Labute approximate surface area is 94.0 Å².